The number of anilines is 1. The number of amides is 2. The molecule has 0 heterocycles. The van der Waals surface area contributed by atoms with Gasteiger partial charge in [0.15, 0.2) is 0 Å². The van der Waals surface area contributed by atoms with Crippen LogP contribution < -0.4 is 16.8 Å². The van der Waals surface area contributed by atoms with Gasteiger partial charge in [-0.1, -0.05) is 11.6 Å². The SMILES string of the molecule is NC(=O)CCCNC(=O)c1cc(Cl)c(N)c([N+](=O)[O-])c1. The second-order valence-electron chi connectivity index (χ2n) is 3.97. The van der Waals surface area contributed by atoms with Gasteiger partial charge < -0.3 is 16.8 Å². The molecule has 0 atom stereocenters. The Morgan fingerprint density at radius 3 is 2.60 bits per heavy atom. The summed E-state index contributed by atoms with van der Waals surface area (Å²) in [6.45, 7) is 0.220. The number of hydrogen-bond donors (Lipinski definition) is 3. The normalized spacial score (nSPS) is 10.1. The van der Waals surface area contributed by atoms with E-state index >= 15 is 0 Å². The molecule has 0 aliphatic heterocycles. The molecule has 0 aliphatic carbocycles. The molecule has 2 amide bonds. The molecule has 108 valence electrons. The Bertz CT molecular complexity index is 562. The number of carbonyl (C=O) groups excluding carboxylic acids is 2. The van der Waals surface area contributed by atoms with Gasteiger partial charge in [0.05, 0.1) is 9.95 Å². The molecule has 0 aliphatic rings. The van der Waals surface area contributed by atoms with Crippen LogP contribution in [-0.4, -0.2) is 23.3 Å². The van der Waals surface area contributed by atoms with Crippen molar-refractivity contribution in [1.29, 1.82) is 0 Å². The molecule has 20 heavy (non-hydrogen) atoms. The molecule has 0 radical (unpaired) electrons. The van der Waals surface area contributed by atoms with Crippen LogP contribution in [-0.2, 0) is 4.79 Å². The van der Waals surface area contributed by atoms with E-state index in [2.05, 4.69) is 5.32 Å². The zero-order valence-corrected chi connectivity index (χ0v) is 11.1. The smallest absolute Gasteiger partial charge is 0.294 e. The summed E-state index contributed by atoms with van der Waals surface area (Å²) < 4.78 is 0. The van der Waals surface area contributed by atoms with Gasteiger partial charge in [0.2, 0.25) is 5.91 Å². The highest BCUT2D eigenvalue weighted by atomic mass is 35.5. The van der Waals surface area contributed by atoms with Crippen molar-refractivity contribution in [2.75, 3.05) is 12.3 Å². The first kappa shape index (κ1) is 15.7. The number of halogens is 1. The quantitative estimate of drug-likeness (QED) is 0.309. The van der Waals surface area contributed by atoms with Gasteiger partial charge in [-0.3, -0.25) is 19.7 Å². The summed E-state index contributed by atoms with van der Waals surface area (Å²) in [6, 6.07) is 2.29. The molecule has 0 saturated heterocycles. The first-order chi connectivity index (χ1) is 9.32. The number of nitro groups is 1. The van der Waals surface area contributed by atoms with E-state index in [-0.39, 0.29) is 29.2 Å². The number of primary amides is 1. The van der Waals surface area contributed by atoms with Gasteiger partial charge in [-0.15, -0.1) is 0 Å². The van der Waals surface area contributed by atoms with Crippen molar-refractivity contribution in [3.8, 4) is 0 Å². The van der Waals surface area contributed by atoms with Gasteiger partial charge in [-0.2, -0.15) is 0 Å². The second kappa shape index (κ2) is 6.71. The maximum atomic E-state index is 11.8. The minimum absolute atomic E-state index is 0.0231. The number of rotatable bonds is 6. The monoisotopic (exact) mass is 300 g/mol. The lowest BCUT2D eigenvalue weighted by atomic mass is 10.1. The Labute approximate surface area is 119 Å². The summed E-state index contributed by atoms with van der Waals surface area (Å²) in [5.74, 6) is -1.01. The summed E-state index contributed by atoms with van der Waals surface area (Å²) in [6.07, 6.45) is 0.523. The summed E-state index contributed by atoms with van der Waals surface area (Å²) in [5.41, 5.74) is 9.80. The zero-order valence-electron chi connectivity index (χ0n) is 10.4. The highest BCUT2D eigenvalue weighted by Gasteiger charge is 2.19. The van der Waals surface area contributed by atoms with Crippen LogP contribution in [0.2, 0.25) is 5.02 Å². The number of nitro benzene ring substituents is 1. The molecular weight excluding hydrogens is 288 g/mol. The second-order valence-corrected chi connectivity index (χ2v) is 4.38. The molecule has 0 saturated carbocycles. The third-order valence-electron chi connectivity index (χ3n) is 2.45. The molecule has 0 fully saturated rings. The third kappa shape index (κ3) is 4.09. The first-order valence-electron chi connectivity index (χ1n) is 5.63. The van der Waals surface area contributed by atoms with E-state index in [1.54, 1.807) is 0 Å². The lowest BCUT2D eigenvalue weighted by molar-refractivity contribution is -0.383. The van der Waals surface area contributed by atoms with Gasteiger partial charge >= 0.3 is 0 Å². The van der Waals surface area contributed by atoms with Crippen molar-refractivity contribution >= 4 is 34.8 Å². The maximum Gasteiger partial charge on any atom is 0.294 e. The van der Waals surface area contributed by atoms with Crippen molar-refractivity contribution < 1.29 is 14.5 Å². The first-order valence-corrected chi connectivity index (χ1v) is 6.00. The zero-order chi connectivity index (χ0) is 15.3. The minimum Gasteiger partial charge on any atom is -0.392 e. The summed E-state index contributed by atoms with van der Waals surface area (Å²) in [5, 5.41) is 13.2. The molecule has 0 unspecified atom stereocenters. The van der Waals surface area contributed by atoms with Crippen LogP contribution in [0.4, 0.5) is 11.4 Å². The fourth-order valence-corrected chi connectivity index (χ4v) is 1.67. The Morgan fingerprint density at radius 1 is 1.40 bits per heavy atom. The minimum atomic E-state index is -0.717. The van der Waals surface area contributed by atoms with Crippen molar-refractivity contribution in [3.63, 3.8) is 0 Å². The highest BCUT2D eigenvalue weighted by Crippen LogP contribution is 2.30. The number of hydrogen-bond acceptors (Lipinski definition) is 5. The summed E-state index contributed by atoms with van der Waals surface area (Å²) in [7, 11) is 0. The molecule has 0 bridgehead atoms. The summed E-state index contributed by atoms with van der Waals surface area (Å²) in [4.78, 5) is 32.3. The third-order valence-corrected chi connectivity index (χ3v) is 2.76. The van der Waals surface area contributed by atoms with Gasteiger partial charge in [0, 0.05) is 24.6 Å². The molecule has 0 aromatic heterocycles. The van der Waals surface area contributed by atoms with Gasteiger partial charge in [0.25, 0.3) is 11.6 Å². The van der Waals surface area contributed by atoms with Gasteiger partial charge in [0.1, 0.15) is 5.69 Å². The molecule has 1 aromatic carbocycles. The summed E-state index contributed by atoms with van der Waals surface area (Å²) >= 11 is 5.74. The van der Waals surface area contributed by atoms with Crippen LogP contribution in [0.3, 0.4) is 0 Å². The largest absolute Gasteiger partial charge is 0.392 e. The van der Waals surface area contributed by atoms with E-state index in [0.717, 1.165) is 6.07 Å². The fraction of sp³-hybridized carbons (Fsp3) is 0.273. The van der Waals surface area contributed by atoms with Crippen LogP contribution in [0, 0.1) is 10.1 Å². The van der Waals surface area contributed by atoms with Crippen molar-refractivity contribution in [2.24, 2.45) is 5.73 Å². The molecule has 0 spiro atoms. The van der Waals surface area contributed by atoms with E-state index in [1.807, 2.05) is 0 Å². The molecule has 1 aromatic rings. The average molecular weight is 301 g/mol. The standard InChI is InChI=1S/C11H13ClN4O4/c12-7-4-6(5-8(10(7)14)16(19)20)11(18)15-3-1-2-9(13)17/h4-5H,1-3,14H2,(H2,13,17)(H,15,18). The number of benzene rings is 1. The fourth-order valence-electron chi connectivity index (χ4n) is 1.45. The van der Waals surface area contributed by atoms with Crippen molar-refractivity contribution in [1.82, 2.24) is 5.32 Å². The number of carbonyl (C=O) groups is 2. The lowest BCUT2D eigenvalue weighted by Gasteiger charge is -2.06. The topological polar surface area (TPSA) is 141 Å². The van der Waals surface area contributed by atoms with Gasteiger partial charge in [-0.25, -0.2) is 0 Å². The van der Waals surface area contributed by atoms with E-state index in [9.17, 15) is 19.7 Å². The van der Waals surface area contributed by atoms with E-state index < -0.39 is 22.4 Å². The van der Waals surface area contributed by atoms with Crippen LogP contribution in [0.1, 0.15) is 23.2 Å². The maximum absolute atomic E-state index is 11.8. The predicted molar refractivity (Wildman–Crippen MR) is 73.3 cm³/mol. The number of nitrogens with zero attached hydrogens (tertiary/aromatic N) is 1. The number of nitrogens with one attached hydrogen (secondary N) is 1. The number of nitrogens with two attached hydrogens (primary N) is 2. The molecular formula is C11H13ClN4O4. The van der Waals surface area contributed by atoms with E-state index in [1.165, 1.54) is 6.07 Å². The Balaban J connectivity index is 2.78. The Kier molecular flexibility index (Phi) is 5.27. The van der Waals surface area contributed by atoms with Crippen molar-refractivity contribution in [2.45, 2.75) is 12.8 Å². The molecule has 9 heteroatoms. The lowest BCUT2D eigenvalue weighted by Crippen LogP contribution is -2.25. The van der Waals surface area contributed by atoms with Crippen LogP contribution >= 0.6 is 11.6 Å². The Morgan fingerprint density at radius 2 is 2.05 bits per heavy atom. The average Bonchev–Trinajstić information content (AvgIpc) is 2.36. The molecule has 8 nitrogen and oxygen atoms in total. The van der Waals surface area contributed by atoms with Crippen LogP contribution in [0.15, 0.2) is 12.1 Å². The predicted octanol–water partition coefficient (Wildman–Crippen LogP) is 0.826. The van der Waals surface area contributed by atoms with Crippen LogP contribution in [0.25, 0.3) is 0 Å². The van der Waals surface area contributed by atoms with Crippen LogP contribution in [0.5, 0.6) is 0 Å². The Hall–Kier alpha value is -2.35. The number of nitrogen functional groups attached to an aromatic ring is 1. The molecule has 1 rings (SSSR count). The van der Waals surface area contributed by atoms with Gasteiger partial charge in [-0.05, 0) is 12.5 Å². The van der Waals surface area contributed by atoms with Crippen molar-refractivity contribution in [3.05, 3.63) is 32.8 Å². The van der Waals surface area contributed by atoms with E-state index in [0.29, 0.717) is 6.42 Å². The highest BCUT2D eigenvalue weighted by molar-refractivity contribution is 6.34. The molecule has 5 N–H and O–H groups in total. The van der Waals surface area contributed by atoms with E-state index in [4.69, 9.17) is 23.1 Å².